The minimum atomic E-state index is -0.258. The Morgan fingerprint density at radius 3 is 2.53 bits per heavy atom. The van der Waals surface area contributed by atoms with Gasteiger partial charge in [-0.15, -0.1) is 0 Å². The van der Waals surface area contributed by atoms with E-state index in [0.717, 1.165) is 34.0 Å². The lowest BCUT2D eigenvalue weighted by Gasteiger charge is -2.09. The molecule has 0 saturated heterocycles. The highest BCUT2D eigenvalue weighted by molar-refractivity contribution is 6.30. The van der Waals surface area contributed by atoms with Gasteiger partial charge in [0.25, 0.3) is 5.56 Å². The second kappa shape index (κ2) is 8.63. The van der Waals surface area contributed by atoms with Crippen molar-refractivity contribution in [3.8, 4) is 5.69 Å². The topological polar surface area (TPSA) is 94.9 Å². The van der Waals surface area contributed by atoms with Gasteiger partial charge >= 0.3 is 0 Å². The number of rotatable bonds is 6. The van der Waals surface area contributed by atoms with Crippen LogP contribution in [-0.2, 0) is 17.8 Å². The summed E-state index contributed by atoms with van der Waals surface area (Å²) in [6, 6.07) is 7.36. The van der Waals surface area contributed by atoms with Crippen molar-refractivity contribution in [2.24, 2.45) is 0 Å². The van der Waals surface area contributed by atoms with Crippen LogP contribution < -0.4 is 10.9 Å². The smallest absolute Gasteiger partial charge is 0.263 e. The molecule has 3 heterocycles. The summed E-state index contributed by atoms with van der Waals surface area (Å²) in [7, 11) is 0. The van der Waals surface area contributed by atoms with E-state index in [2.05, 4.69) is 15.5 Å². The van der Waals surface area contributed by atoms with Crippen LogP contribution in [0.2, 0.25) is 5.02 Å². The standard InChI is InChI=1S/C23H24ClN5O3/c1-13-15(3)29(18-7-5-17(24)6-8-18)22-21(13)23(31)28(12-26-22)11-20(30)25-10-9-19-14(2)27-32-16(19)4/h5-8,12H,9-11H2,1-4H3,(H,25,30). The molecule has 0 aliphatic carbocycles. The van der Waals surface area contributed by atoms with Crippen LogP contribution in [0.3, 0.4) is 0 Å². The number of carbonyl (C=O) groups excluding carboxylic acids is 1. The lowest BCUT2D eigenvalue weighted by molar-refractivity contribution is -0.121. The number of aryl methyl sites for hydroxylation is 3. The average molecular weight is 454 g/mol. The highest BCUT2D eigenvalue weighted by Crippen LogP contribution is 2.25. The minimum absolute atomic E-state index is 0.103. The monoisotopic (exact) mass is 453 g/mol. The third kappa shape index (κ3) is 3.93. The van der Waals surface area contributed by atoms with Crippen LogP contribution in [0, 0.1) is 27.7 Å². The van der Waals surface area contributed by atoms with Gasteiger partial charge in [0.15, 0.2) is 5.65 Å². The number of nitrogens with zero attached hydrogens (tertiary/aromatic N) is 4. The summed E-state index contributed by atoms with van der Waals surface area (Å²) in [6.07, 6.45) is 2.03. The number of halogens is 1. The van der Waals surface area contributed by atoms with Gasteiger partial charge in [-0.25, -0.2) is 4.98 Å². The first-order chi connectivity index (χ1) is 15.3. The molecule has 0 aliphatic rings. The molecule has 0 spiro atoms. The molecule has 9 heteroatoms. The van der Waals surface area contributed by atoms with E-state index in [-0.39, 0.29) is 18.0 Å². The molecule has 0 radical (unpaired) electrons. The van der Waals surface area contributed by atoms with Gasteiger partial charge in [-0.2, -0.15) is 0 Å². The van der Waals surface area contributed by atoms with Crippen LogP contribution in [0.1, 0.15) is 28.3 Å². The van der Waals surface area contributed by atoms with Crippen LogP contribution in [0.15, 0.2) is 39.9 Å². The fourth-order valence-electron chi connectivity index (χ4n) is 3.90. The fourth-order valence-corrected chi connectivity index (χ4v) is 4.03. The highest BCUT2D eigenvalue weighted by atomic mass is 35.5. The molecule has 8 nitrogen and oxygen atoms in total. The van der Waals surface area contributed by atoms with Crippen molar-refractivity contribution in [3.63, 3.8) is 0 Å². The second-order valence-electron chi connectivity index (χ2n) is 7.80. The van der Waals surface area contributed by atoms with Crippen LogP contribution in [0.25, 0.3) is 16.7 Å². The molecule has 0 saturated carbocycles. The van der Waals surface area contributed by atoms with E-state index in [1.165, 1.54) is 10.9 Å². The summed E-state index contributed by atoms with van der Waals surface area (Å²) in [5.74, 6) is 0.491. The number of benzene rings is 1. The van der Waals surface area contributed by atoms with E-state index in [4.69, 9.17) is 16.1 Å². The number of fused-ring (bicyclic) bond motifs is 1. The summed E-state index contributed by atoms with van der Waals surface area (Å²) < 4.78 is 8.41. The van der Waals surface area contributed by atoms with Crippen molar-refractivity contribution < 1.29 is 9.32 Å². The molecule has 0 fully saturated rings. The maximum atomic E-state index is 13.2. The third-order valence-electron chi connectivity index (χ3n) is 5.76. The average Bonchev–Trinajstić information content (AvgIpc) is 3.21. The van der Waals surface area contributed by atoms with E-state index in [9.17, 15) is 9.59 Å². The summed E-state index contributed by atoms with van der Waals surface area (Å²) in [5, 5.41) is 7.90. The minimum Gasteiger partial charge on any atom is -0.361 e. The Kier molecular flexibility index (Phi) is 5.88. The Balaban J connectivity index is 1.56. The van der Waals surface area contributed by atoms with Crippen LogP contribution in [0.4, 0.5) is 0 Å². The van der Waals surface area contributed by atoms with Crippen molar-refractivity contribution in [1.82, 2.24) is 24.6 Å². The molecular formula is C23H24ClN5O3. The first-order valence-corrected chi connectivity index (χ1v) is 10.7. The zero-order chi connectivity index (χ0) is 23.0. The molecule has 1 N–H and O–H groups in total. The van der Waals surface area contributed by atoms with Crippen molar-refractivity contribution in [2.45, 2.75) is 40.7 Å². The zero-order valence-electron chi connectivity index (χ0n) is 18.4. The van der Waals surface area contributed by atoms with Gasteiger partial charge in [0.05, 0.1) is 11.1 Å². The second-order valence-corrected chi connectivity index (χ2v) is 8.24. The predicted octanol–water partition coefficient (Wildman–Crippen LogP) is 3.42. The first-order valence-electron chi connectivity index (χ1n) is 10.3. The highest BCUT2D eigenvalue weighted by Gasteiger charge is 2.19. The molecule has 166 valence electrons. The molecule has 32 heavy (non-hydrogen) atoms. The lowest BCUT2D eigenvalue weighted by Crippen LogP contribution is -2.33. The number of amides is 1. The van der Waals surface area contributed by atoms with Crippen LogP contribution in [-0.4, -0.2) is 31.7 Å². The van der Waals surface area contributed by atoms with Gasteiger partial charge in [-0.3, -0.25) is 18.7 Å². The number of aromatic nitrogens is 4. The maximum absolute atomic E-state index is 13.2. The third-order valence-corrected chi connectivity index (χ3v) is 6.01. The van der Waals surface area contributed by atoms with Gasteiger partial charge in [0.1, 0.15) is 18.6 Å². The Morgan fingerprint density at radius 1 is 1.16 bits per heavy atom. The number of nitrogens with one attached hydrogen (secondary N) is 1. The van der Waals surface area contributed by atoms with Gasteiger partial charge in [-0.05, 0) is 63.9 Å². The van der Waals surface area contributed by atoms with Crippen molar-refractivity contribution in [2.75, 3.05) is 6.54 Å². The van der Waals surface area contributed by atoms with E-state index >= 15 is 0 Å². The lowest BCUT2D eigenvalue weighted by atomic mass is 10.1. The molecule has 0 atom stereocenters. The Morgan fingerprint density at radius 2 is 1.88 bits per heavy atom. The van der Waals surface area contributed by atoms with Crippen LogP contribution in [0.5, 0.6) is 0 Å². The molecule has 4 aromatic rings. The molecule has 4 rings (SSSR count). The summed E-state index contributed by atoms with van der Waals surface area (Å²) >= 11 is 6.01. The zero-order valence-corrected chi connectivity index (χ0v) is 19.2. The molecule has 3 aromatic heterocycles. The van der Waals surface area contributed by atoms with E-state index in [1.54, 1.807) is 12.1 Å². The molecule has 0 aliphatic heterocycles. The Hall–Kier alpha value is -3.39. The van der Waals surface area contributed by atoms with E-state index in [1.807, 2.05) is 44.4 Å². The Bertz CT molecular complexity index is 1350. The van der Waals surface area contributed by atoms with Gasteiger partial charge < -0.3 is 9.84 Å². The summed E-state index contributed by atoms with van der Waals surface area (Å²) in [5.41, 5.74) is 4.73. The number of carbonyl (C=O) groups is 1. The van der Waals surface area contributed by atoms with Gasteiger partial charge in [0, 0.05) is 28.5 Å². The summed E-state index contributed by atoms with van der Waals surface area (Å²) in [4.78, 5) is 30.1. The molecule has 1 aromatic carbocycles. The van der Waals surface area contributed by atoms with Gasteiger partial charge in [-0.1, -0.05) is 16.8 Å². The largest absolute Gasteiger partial charge is 0.361 e. The SMILES string of the molecule is Cc1noc(C)c1CCNC(=O)Cn1cnc2c(c(C)c(C)n2-c2ccc(Cl)cc2)c1=O. The van der Waals surface area contributed by atoms with Crippen LogP contribution >= 0.6 is 11.6 Å². The number of hydrogen-bond donors (Lipinski definition) is 1. The predicted molar refractivity (Wildman–Crippen MR) is 123 cm³/mol. The fraction of sp³-hybridized carbons (Fsp3) is 0.304. The van der Waals surface area contributed by atoms with E-state index in [0.29, 0.717) is 29.0 Å². The maximum Gasteiger partial charge on any atom is 0.263 e. The molecular weight excluding hydrogens is 430 g/mol. The molecule has 0 unspecified atom stereocenters. The number of hydrogen-bond acceptors (Lipinski definition) is 5. The molecule has 0 bridgehead atoms. The quantitative estimate of drug-likeness (QED) is 0.482. The van der Waals surface area contributed by atoms with Crippen molar-refractivity contribution in [1.29, 1.82) is 0 Å². The Labute approximate surface area is 189 Å². The van der Waals surface area contributed by atoms with Gasteiger partial charge in [0.2, 0.25) is 5.91 Å². The van der Waals surface area contributed by atoms with Crippen molar-refractivity contribution in [3.05, 3.63) is 74.2 Å². The summed E-state index contributed by atoms with van der Waals surface area (Å²) in [6.45, 7) is 7.87. The molecule has 1 amide bonds. The normalized spacial score (nSPS) is 11.3. The first kappa shape index (κ1) is 21.8. The van der Waals surface area contributed by atoms with E-state index < -0.39 is 0 Å². The van der Waals surface area contributed by atoms with Crippen molar-refractivity contribution >= 4 is 28.5 Å².